The molecule has 1 aromatic rings. The lowest BCUT2D eigenvalue weighted by molar-refractivity contribution is 0.302. The van der Waals surface area contributed by atoms with E-state index in [0.29, 0.717) is 0 Å². The number of nitrogens with zero attached hydrogens (tertiary/aromatic N) is 1. The Morgan fingerprint density at radius 2 is 1.73 bits per heavy atom. The summed E-state index contributed by atoms with van der Waals surface area (Å²) < 4.78 is 11.6. The van der Waals surface area contributed by atoms with Crippen LogP contribution in [0.15, 0.2) is 16.6 Å². The highest BCUT2D eigenvalue weighted by Crippen LogP contribution is 2.36. The summed E-state index contributed by atoms with van der Waals surface area (Å²) in [5.41, 5.74) is 1.18. The van der Waals surface area contributed by atoms with Crippen molar-refractivity contribution in [3.63, 3.8) is 0 Å². The van der Waals surface area contributed by atoms with Crippen LogP contribution in [-0.4, -0.2) is 45.3 Å². The van der Waals surface area contributed by atoms with Crippen LogP contribution in [0.3, 0.4) is 0 Å². The SMILES string of the molecule is CCN(CC)CCNCc1cc(Br)c(OC)c(OC)c1.Cl.Cl. The molecule has 0 bridgehead atoms. The molecule has 130 valence electrons. The van der Waals surface area contributed by atoms with Gasteiger partial charge in [0.05, 0.1) is 18.7 Å². The maximum atomic E-state index is 5.35. The van der Waals surface area contributed by atoms with E-state index in [-0.39, 0.29) is 24.8 Å². The van der Waals surface area contributed by atoms with Gasteiger partial charge in [-0.05, 0) is 46.7 Å². The van der Waals surface area contributed by atoms with E-state index in [2.05, 4.69) is 46.1 Å². The number of likely N-dealkylation sites (N-methyl/N-ethyl adjacent to an activating group) is 1. The van der Waals surface area contributed by atoms with Gasteiger partial charge < -0.3 is 19.7 Å². The molecule has 0 aromatic heterocycles. The Kier molecular flexibility index (Phi) is 14.5. The number of ether oxygens (including phenoxy) is 2. The van der Waals surface area contributed by atoms with Gasteiger partial charge >= 0.3 is 0 Å². The van der Waals surface area contributed by atoms with E-state index in [9.17, 15) is 0 Å². The van der Waals surface area contributed by atoms with Gasteiger partial charge in [0.2, 0.25) is 0 Å². The van der Waals surface area contributed by atoms with E-state index in [1.807, 2.05) is 6.07 Å². The van der Waals surface area contributed by atoms with E-state index < -0.39 is 0 Å². The molecule has 0 heterocycles. The Morgan fingerprint density at radius 3 is 2.23 bits per heavy atom. The van der Waals surface area contributed by atoms with Gasteiger partial charge in [-0.3, -0.25) is 0 Å². The number of methoxy groups -OCH3 is 2. The summed E-state index contributed by atoms with van der Waals surface area (Å²) in [7, 11) is 3.30. The minimum Gasteiger partial charge on any atom is -0.493 e. The molecule has 0 aliphatic carbocycles. The summed E-state index contributed by atoms with van der Waals surface area (Å²) in [5, 5.41) is 3.46. The monoisotopic (exact) mass is 416 g/mol. The van der Waals surface area contributed by atoms with Crippen molar-refractivity contribution >= 4 is 40.7 Å². The third kappa shape index (κ3) is 7.38. The van der Waals surface area contributed by atoms with Crippen molar-refractivity contribution < 1.29 is 9.47 Å². The van der Waals surface area contributed by atoms with Crippen LogP contribution in [0.5, 0.6) is 11.5 Å². The molecule has 4 nitrogen and oxygen atoms in total. The van der Waals surface area contributed by atoms with Gasteiger partial charge in [0.1, 0.15) is 0 Å². The Morgan fingerprint density at radius 1 is 1.09 bits per heavy atom. The van der Waals surface area contributed by atoms with Crippen molar-refractivity contribution in [3.05, 3.63) is 22.2 Å². The van der Waals surface area contributed by atoms with Crippen molar-refractivity contribution in [2.24, 2.45) is 0 Å². The zero-order valence-electron chi connectivity index (χ0n) is 13.6. The molecule has 0 saturated heterocycles. The highest BCUT2D eigenvalue weighted by Gasteiger charge is 2.10. The lowest BCUT2D eigenvalue weighted by atomic mass is 10.2. The van der Waals surface area contributed by atoms with Gasteiger partial charge in [0.25, 0.3) is 0 Å². The van der Waals surface area contributed by atoms with Crippen LogP contribution in [0, 0.1) is 0 Å². The number of halogens is 3. The van der Waals surface area contributed by atoms with E-state index in [0.717, 1.165) is 48.7 Å². The topological polar surface area (TPSA) is 33.7 Å². The first-order valence-electron chi connectivity index (χ1n) is 6.99. The minimum absolute atomic E-state index is 0. The Labute approximate surface area is 154 Å². The van der Waals surface area contributed by atoms with Crippen LogP contribution in [0.4, 0.5) is 0 Å². The second-order valence-electron chi connectivity index (χ2n) is 4.52. The average Bonchev–Trinajstić information content (AvgIpc) is 2.46. The molecule has 7 heteroatoms. The summed E-state index contributed by atoms with van der Waals surface area (Å²) in [6, 6.07) is 4.07. The quantitative estimate of drug-likeness (QED) is 0.620. The molecular formula is C15H27BrCl2N2O2. The summed E-state index contributed by atoms with van der Waals surface area (Å²) in [4.78, 5) is 2.40. The maximum Gasteiger partial charge on any atom is 0.174 e. The maximum absolute atomic E-state index is 5.35. The molecule has 1 rings (SSSR count). The number of benzene rings is 1. The molecular weight excluding hydrogens is 391 g/mol. The molecule has 0 unspecified atom stereocenters. The molecule has 1 aromatic carbocycles. The third-order valence-corrected chi connectivity index (χ3v) is 3.91. The zero-order chi connectivity index (χ0) is 15.0. The highest BCUT2D eigenvalue weighted by atomic mass is 79.9. The fourth-order valence-corrected chi connectivity index (χ4v) is 2.73. The van der Waals surface area contributed by atoms with Crippen molar-refractivity contribution in [1.29, 1.82) is 0 Å². The highest BCUT2D eigenvalue weighted by molar-refractivity contribution is 9.10. The van der Waals surface area contributed by atoms with Crippen molar-refractivity contribution in [2.45, 2.75) is 20.4 Å². The van der Waals surface area contributed by atoms with E-state index >= 15 is 0 Å². The predicted octanol–water partition coefficient (Wildman–Crippen LogP) is 3.74. The van der Waals surface area contributed by atoms with Gasteiger partial charge in [0, 0.05) is 19.6 Å². The predicted molar refractivity (Wildman–Crippen MR) is 101 cm³/mol. The van der Waals surface area contributed by atoms with Crippen LogP contribution >= 0.6 is 40.7 Å². The Hall–Kier alpha value is -0.200. The fourth-order valence-electron chi connectivity index (χ4n) is 2.08. The van der Waals surface area contributed by atoms with Crippen LogP contribution in [0.2, 0.25) is 0 Å². The van der Waals surface area contributed by atoms with Crippen LogP contribution in [-0.2, 0) is 6.54 Å². The lowest BCUT2D eigenvalue weighted by Gasteiger charge is -2.18. The smallest absolute Gasteiger partial charge is 0.174 e. The minimum atomic E-state index is 0. The average molecular weight is 418 g/mol. The molecule has 0 fully saturated rings. The number of hydrogen-bond donors (Lipinski definition) is 1. The zero-order valence-corrected chi connectivity index (χ0v) is 16.9. The summed E-state index contributed by atoms with van der Waals surface area (Å²) in [5.74, 6) is 1.49. The number of nitrogens with one attached hydrogen (secondary N) is 1. The first-order chi connectivity index (χ1) is 9.65. The molecule has 0 saturated carbocycles. The summed E-state index contributed by atoms with van der Waals surface area (Å²) in [6.45, 7) is 9.44. The van der Waals surface area contributed by atoms with Crippen molar-refractivity contribution in [2.75, 3.05) is 40.4 Å². The van der Waals surface area contributed by atoms with E-state index in [1.165, 1.54) is 5.56 Å². The third-order valence-electron chi connectivity index (χ3n) is 3.32. The number of rotatable bonds is 9. The Balaban J connectivity index is 0. The standard InChI is InChI=1S/C15H25BrN2O2.2ClH/c1-5-18(6-2)8-7-17-11-12-9-13(16)15(20-4)14(10-12)19-3;;/h9-10,17H,5-8,11H2,1-4H3;2*1H. The Bertz CT molecular complexity index is 419. The molecule has 0 spiro atoms. The van der Waals surface area contributed by atoms with Gasteiger partial charge in [-0.1, -0.05) is 13.8 Å². The lowest BCUT2D eigenvalue weighted by Crippen LogP contribution is -2.31. The molecule has 0 aliphatic heterocycles. The van der Waals surface area contributed by atoms with Gasteiger partial charge in [-0.15, -0.1) is 24.8 Å². The van der Waals surface area contributed by atoms with E-state index in [1.54, 1.807) is 14.2 Å². The number of hydrogen-bond acceptors (Lipinski definition) is 4. The largest absolute Gasteiger partial charge is 0.493 e. The normalized spacial score (nSPS) is 9.91. The summed E-state index contributed by atoms with van der Waals surface area (Å²) >= 11 is 3.51. The van der Waals surface area contributed by atoms with Crippen LogP contribution in [0.1, 0.15) is 19.4 Å². The second-order valence-corrected chi connectivity index (χ2v) is 5.37. The van der Waals surface area contributed by atoms with Gasteiger partial charge in [-0.25, -0.2) is 0 Å². The molecule has 0 atom stereocenters. The van der Waals surface area contributed by atoms with Crippen LogP contribution < -0.4 is 14.8 Å². The molecule has 0 radical (unpaired) electrons. The molecule has 0 aliphatic rings. The van der Waals surface area contributed by atoms with Gasteiger partial charge in [0.15, 0.2) is 11.5 Å². The van der Waals surface area contributed by atoms with Crippen LogP contribution in [0.25, 0.3) is 0 Å². The molecule has 0 amide bonds. The second kappa shape index (κ2) is 13.3. The van der Waals surface area contributed by atoms with Gasteiger partial charge in [-0.2, -0.15) is 0 Å². The van der Waals surface area contributed by atoms with Crippen molar-refractivity contribution in [3.8, 4) is 11.5 Å². The first kappa shape index (κ1) is 24.1. The first-order valence-corrected chi connectivity index (χ1v) is 7.78. The summed E-state index contributed by atoms with van der Waals surface area (Å²) in [6.07, 6.45) is 0. The fraction of sp³-hybridized carbons (Fsp3) is 0.600. The van der Waals surface area contributed by atoms with E-state index in [4.69, 9.17) is 9.47 Å². The molecule has 22 heavy (non-hydrogen) atoms. The molecule has 1 N–H and O–H groups in total. The van der Waals surface area contributed by atoms with Crippen molar-refractivity contribution in [1.82, 2.24) is 10.2 Å².